The van der Waals surface area contributed by atoms with Gasteiger partial charge in [0.25, 0.3) is 0 Å². The van der Waals surface area contributed by atoms with Crippen molar-refractivity contribution in [2.75, 3.05) is 5.32 Å². The molecule has 0 radical (unpaired) electrons. The maximum Gasteiger partial charge on any atom is 0.411 e. The minimum Gasteiger partial charge on any atom is -0.446 e. The number of nitrogens with one attached hydrogen (secondary N) is 1. The van der Waals surface area contributed by atoms with Gasteiger partial charge in [0.15, 0.2) is 0 Å². The molecule has 4 aliphatic rings. The van der Waals surface area contributed by atoms with Crippen LogP contribution in [0.1, 0.15) is 36.0 Å². The van der Waals surface area contributed by atoms with Crippen LogP contribution in [0.3, 0.4) is 0 Å². The molecular formula is C20H25NO3. The number of hydrogen-bond donors (Lipinski definition) is 1. The summed E-state index contributed by atoms with van der Waals surface area (Å²) in [6, 6.07) is 4.19. The van der Waals surface area contributed by atoms with Crippen molar-refractivity contribution >= 4 is 11.8 Å². The van der Waals surface area contributed by atoms with Crippen LogP contribution in [0.4, 0.5) is 10.5 Å². The van der Waals surface area contributed by atoms with Crippen LogP contribution >= 0.6 is 0 Å². The fourth-order valence-corrected chi connectivity index (χ4v) is 6.05. The molecule has 2 bridgehead atoms. The number of benzene rings is 1. The normalized spacial score (nSPS) is 41.0. The monoisotopic (exact) mass is 327 g/mol. The molecule has 0 aromatic heterocycles. The van der Waals surface area contributed by atoms with Gasteiger partial charge in [0.2, 0.25) is 0 Å². The average molecular weight is 327 g/mol. The molecule has 1 aromatic rings. The second-order valence-corrected chi connectivity index (χ2v) is 8.35. The van der Waals surface area contributed by atoms with Gasteiger partial charge in [0.05, 0.1) is 12.2 Å². The van der Waals surface area contributed by atoms with Crippen molar-refractivity contribution in [3.05, 3.63) is 28.8 Å². The lowest BCUT2D eigenvalue weighted by Crippen LogP contribution is -2.35. The first-order valence-electron chi connectivity index (χ1n) is 9.22. The molecule has 7 atom stereocenters. The molecule has 128 valence electrons. The summed E-state index contributed by atoms with van der Waals surface area (Å²) in [6.45, 7) is 6.13. The van der Waals surface area contributed by atoms with E-state index in [0.29, 0.717) is 24.0 Å². The van der Waals surface area contributed by atoms with Gasteiger partial charge in [0, 0.05) is 5.69 Å². The summed E-state index contributed by atoms with van der Waals surface area (Å²) in [5, 5.41) is 2.98. The molecule has 24 heavy (non-hydrogen) atoms. The van der Waals surface area contributed by atoms with Gasteiger partial charge in [0.1, 0.15) is 6.10 Å². The summed E-state index contributed by atoms with van der Waals surface area (Å²) in [5.41, 5.74) is 4.28. The number of fused-ring (bicyclic) bond motifs is 7. The van der Waals surface area contributed by atoms with Gasteiger partial charge in [-0.3, -0.25) is 5.32 Å². The molecule has 3 saturated carbocycles. The molecular weight excluding hydrogens is 302 g/mol. The van der Waals surface area contributed by atoms with Gasteiger partial charge in [-0.1, -0.05) is 17.7 Å². The van der Waals surface area contributed by atoms with Crippen LogP contribution in [0.15, 0.2) is 12.1 Å². The molecule has 0 spiro atoms. The topological polar surface area (TPSA) is 50.9 Å². The lowest BCUT2D eigenvalue weighted by molar-refractivity contribution is 0.0251. The zero-order chi connectivity index (χ0) is 16.6. The van der Waals surface area contributed by atoms with E-state index in [0.717, 1.165) is 35.1 Å². The minimum atomic E-state index is -0.293. The largest absolute Gasteiger partial charge is 0.446 e. The zero-order valence-electron chi connectivity index (χ0n) is 14.5. The van der Waals surface area contributed by atoms with Crippen LogP contribution in [0, 0.1) is 44.4 Å². The van der Waals surface area contributed by atoms with Gasteiger partial charge in [-0.15, -0.1) is 0 Å². The molecule has 1 aromatic carbocycles. The number of hydrogen-bond acceptors (Lipinski definition) is 3. The number of carbonyl (C=O) groups excluding carboxylic acids is 1. The Morgan fingerprint density at radius 1 is 1.12 bits per heavy atom. The van der Waals surface area contributed by atoms with E-state index in [9.17, 15) is 4.79 Å². The van der Waals surface area contributed by atoms with Crippen LogP contribution in [-0.2, 0) is 9.47 Å². The van der Waals surface area contributed by atoms with E-state index < -0.39 is 0 Å². The fraction of sp³-hybridized carbons (Fsp3) is 0.650. The quantitative estimate of drug-likeness (QED) is 0.836. The lowest BCUT2D eigenvalue weighted by atomic mass is 9.79. The molecule has 4 fully saturated rings. The molecule has 1 saturated heterocycles. The van der Waals surface area contributed by atoms with Gasteiger partial charge in [-0.05, 0) is 74.8 Å². The first kappa shape index (κ1) is 14.8. The molecule has 1 aliphatic heterocycles. The van der Waals surface area contributed by atoms with E-state index >= 15 is 0 Å². The van der Waals surface area contributed by atoms with E-state index in [4.69, 9.17) is 9.47 Å². The van der Waals surface area contributed by atoms with Gasteiger partial charge in [-0.2, -0.15) is 0 Å². The van der Waals surface area contributed by atoms with Crippen molar-refractivity contribution in [1.82, 2.24) is 0 Å². The summed E-state index contributed by atoms with van der Waals surface area (Å²) in [7, 11) is 0. The standard InChI is InChI=1S/C20H25NO3/c1-9-4-10(2)18(11(3)5-9)21-20(22)24-15-7-12-6-13(15)14-8-16-19(23-16)17(12)14/h4-5,12-17,19H,6-8H2,1-3H3,(H,21,22)/t12-,13-,14-,15+,16-,17-,19+/m1/s1. The molecule has 1 heterocycles. The Balaban J connectivity index is 1.26. The van der Waals surface area contributed by atoms with Gasteiger partial charge >= 0.3 is 6.09 Å². The molecule has 1 N–H and O–H groups in total. The van der Waals surface area contributed by atoms with E-state index in [1.165, 1.54) is 18.4 Å². The third-order valence-corrected chi connectivity index (χ3v) is 6.84. The highest BCUT2D eigenvalue weighted by Crippen LogP contribution is 2.64. The molecule has 3 aliphatic carbocycles. The van der Waals surface area contributed by atoms with Crippen LogP contribution < -0.4 is 5.32 Å². The predicted octanol–water partition coefficient (Wildman–Crippen LogP) is 3.97. The highest BCUT2D eigenvalue weighted by molar-refractivity contribution is 5.87. The second-order valence-electron chi connectivity index (χ2n) is 8.35. The minimum absolute atomic E-state index is 0.0970. The van der Waals surface area contributed by atoms with Crippen LogP contribution in [0.5, 0.6) is 0 Å². The molecule has 4 nitrogen and oxygen atoms in total. The first-order valence-corrected chi connectivity index (χ1v) is 9.22. The lowest BCUT2D eigenvalue weighted by Gasteiger charge is -2.32. The molecule has 5 rings (SSSR count). The van der Waals surface area contributed by atoms with Gasteiger partial charge < -0.3 is 9.47 Å². The van der Waals surface area contributed by atoms with Gasteiger partial charge in [-0.25, -0.2) is 4.79 Å². The Bertz CT molecular complexity index is 692. The zero-order valence-corrected chi connectivity index (χ0v) is 14.5. The summed E-state index contributed by atoms with van der Waals surface area (Å²) in [4.78, 5) is 12.4. The number of epoxide rings is 1. The maximum atomic E-state index is 12.4. The SMILES string of the molecule is Cc1cc(C)c(NC(=O)O[C@H]2C[C@H]3C[C@@H]2[C@H]2C[C@H]4O[C@@H]4[C@H]32)c(C)c1. The number of anilines is 1. The summed E-state index contributed by atoms with van der Waals surface area (Å²) in [5.74, 6) is 2.75. The number of amides is 1. The van der Waals surface area contributed by atoms with Crippen LogP contribution in [-0.4, -0.2) is 24.4 Å². The Hall–Kier alpha value is -1.55. The second kappa shape index (κ2) is 4.98. The predicted molar refractivity (Wildman–Crippen MR) is 91.0 cm³/mol. The maximum absolute atomic E-state index is 12.4. The Kier molecular flexibility index (Phi) is 3.06. The van der Waals surface area contributed by atoms with E-state index in [2.05, 4.69) is 24.4 Å². The highest BCUT2D eigenvalue weighted by Gasteiger charge is 2.67. The summed E-state index contributed by atoms with van der Waals surface area (Å²) in [6.07, 6.45) is 4.31. The summed E-state index contributed by atoms with van der Waals surface area (Å²) >= 11 is 0. The number of rotatable bonds is 2. The summed E-state index contributed by atoms with van der Waals surface area (Å²) < 4.78 is 11.6. The fourth-order valence-electron chi connectivity index (χ4n) is 6.05. The Labute approximate surface area is 142 Å². The van der Waals surface area contributed by atoms with Crippen molar-refractivity contribution in [2.45, 2.75) is 58.3 Å². The van der Waals surface area contributed by atoms with Crippen LogP contribution in [0.2, 0.25) is 0 Å². The molecule has 4 heteroatoms. The van der Waals surface area contributed by atoms with Crippen molar-refractivity contribution in [1.29, 1.82) is 0 Å². The highest BCUT2D eigenvalue weighted by atomic mass is 16.6. The van der Waals surface area contributed by atoms with Crippen molar-refractivity contribution < 1.29 is 14.3 Å². The number of aryl methyl sites for hydroxylation is 3. The third-order valence-electron chi connectivity index (χ3n) is 6.84. The average Bonchev–Trinajstić information content (AvgIpc) is 2.88. The van der Waals surface area contributed by atoms with Crippen LogP contribution in [0.25, 0.3) is 0 Å². The van der Waals surface area contributed by atoms with E-state index in [-0.39, 0.29) is 12.2 Å². The first-order chi connectivity index (χ1) is 11.5. The smallest absolute Gasteiger partial charge is 0.411 e. The molecule has 0 unspecified atom stereocenters. The third kappa shape index (κ3) is 2.12. The Morgan fingerprint density at radius 2 is 1.88 bits per heavy atom. The van der Waals surface area contributed by atoms with E-state index in [1.807, 2.05) is 13.8 Å². The van der Waals surface area contributed by atoms with Crippen molar-refractivity contribution in [2.24, 2.45) is 23.7 Å². The van der Waals surface area contributed by atoms with Crippen molar-refractivity contribution in [3.63, 3.8) is 0 Å². The molecule has 1 amide bonds. The van der Waals surface area contributed by atoms with E-state index in [1.54, 1.807) is 0 Å². The number of carbonyl (C=O) groups is 1. The van der Waals surface area contributed by atoms with Crippen molar-refractivity contribution in [3.8, 4) is 0 Å². The Morgan fingerprint density at radius 3 is 2.62 bits per heavy atom. The number of ether oxygens (including phenoxy) is 2.